The van der Waals surface area contributed by atoms with Crippen LogP contribution in [0.2, 0.25) is 0 Å². The predicted molar refractivity (Wildman–Crippen MR) is 94.4 cm³/mol. The average Bonchev–Trinajstić information content (AvgIpc) is 3.10. The number of nitrogens with one attached hydrogen (secondary N) is 2. The van der Waals surface area contributed by atoms with Crippen LogP contribution in [0.4, 0.5) is 24.7 Å². The molecule has 0 unspecified atom stereocenters. The molecule has 3 rings (SSSR count). The normalized spacial score (nSPS) is 11.8. The van der Waals surface area contributed by atoms with Gasteiger partial charge >= 0.3 is 15.5 Å². The largest absolute Gasteiger partial charge is 0.516 e. The van der Waals surface area contributed by atoms with Crippen molar-refractivity contribution in [2.45, 2.75) is 5.51 Å². The van der Waals surface area contributed by atoms with Gasteiger partial charge in [0.25, 0.3) is 5.91 Å². The Morgan fingerprint density at radius 2 is 1.71 bits per heavy atom. The lowest BCUT2D eigenvalue weighted by atomic mass is 10.1. The summed E-state index contributed by atoms with van der Waals surface area (Å²) in [6, 6.07) is 9.75. The fraction of sp³-hybridized carbons (Fsp3) is 0.0625. The zero-order valence-electron chi connectivity index (χ0n) is 13.9. The van der Waals surface area contributed by atoms with E-state index in [9.17, 15) is 26.4 Å². The monoisotopic (exact) mass is 411 g/mol. The number of anilines is 2. The zero-order valence-corrected chi connectivity index (χ0v) is 14.7. The van der Waals surface area contributed by atoms with Gasteiger partial charge in [-0.05, 0) is 24.3 Å². The molecule has 146 valence electrons. The predicted octanol–water partition coefficient (Wildman–Crippen LogP) is 2.78. The molecular weight excluding hydrogens is 399 g/mol. The molecule has 1 amide bonds. The molecule has 0 saturated heterocycles. The molecule has 12 heteroatoms. The maximum Gasteiger partial charge on any atom is 0.516 e. The molecule has 0 aliphatic carbocycles. The Bertz CT molecular complexity index is 1100. The summed E-state index contributed by atoms with van der Waals surface area (Å²) in [6.45, 7) is 0. The topological polar surface area (TPSA) is 106 Å². The van der Waals surface area contributed by atoms with Gasteiger partial charge in [0, 0.05) is 24.7 Å². The first kappa shape index (κ1) is 19.4. The minimum absolute atomic E-state index is 0.121. The Morgan fingerprint density at radius 1 is 1.04 bits per heavy atom. The van der Waals surface area contributed by atoms with E-state index in [2.05, 4.69) is 15.4 Å². The first-order valence-electron chi connectivity index (χ1n) is 7.63. The highest BCUT2D eigenvalue weighted by atomic mass is 32.2. The van der Waals surface area contributed by atoms with Crippen molar-refractivity contribution in [3.05, 3.63) is 66.6 Å². The first-order valence-corrected chi connectivity index (χ1v) is 9.11. The maximum absolute atomic E-state index is 12.6. The van der Waals surface area contributed by atoms with E-state index in [4.69, 9.17) is 0 Å². The van der Waals surface area contributed by atoms with Crippen LogP contribution in [0.15, 0.2) is 61.1 Å². The average molecular weight is 411 g/mol. The summed E-state index contributed by atoms with van der Waals surface area (Å²) in [5.74, 6) is -0.712. The van der Waals surface area contributed by atoms with Crippen LogP contribution in [-0.2, 0) is 10.0 Å². The summed E-state index contributed by atoms with van der Waals surface area (Å²) in [4.78, 5) is 16.3. The lowest BCUT2D eigenvalue weighted by Crippen LogP contribution is -2.30. The molecule has 28 heavy (non-hydrogen) atoms. The molecule has 0 spiro atoms. The van der Waals surface area contributed by atoms with Gasteiger partial charge in [0.15, 0.2) is 5.82 Å². The third-order valence-electron chi connectivity index (χ3n) is 3.48. The molecule has 2 N–H and O–H groups in total. The third kappa shape index (κ3) is 4.11. The van der Waals surface area contributed by atoms with Crippen molar-refractivity contribution in [2.24, 2.45) is 0 Å². The number of sulfonamides is 1. The lowest BCUT2D eigenvalue weighted by Gasteiger charge is -2.13. The number of carbonyl (C=O) groups is 1. The number of alkyl halides is 3. The van der Waals surface area contributed by atoms with Gasteiger partial charge in [0.05, 0.1) is 16.9 Å². The Kier molecular flexibility index (Phi) is 5.05. The van der Waals surface area contributed by atoms with Gasteiger partial charge in [0.1, 0.15) is 0 Å². The van der Waals surface area contributed by atoms with E-state index < -0.39 is 27.1 Å². The van der Waals surface area contributed by atoms with Crippen LogP contribution in [0.25, 0.3) is 5.69 Å². The van der Waals surface area contributed by atoms with Gasteiger partial charge in [-0.2, -0.15) is 26.7 Å². The second kappa shape index (κ2) is 7.31. The summed E-state index contributed by atoms with van der Waals surface area (Å²) in [5.41, 5.74) is -5.64. The molecule has 0 bridgehead atoms. The van der Waals surface area contributed by atoms with Crippen molar-refractivity contribution >= 4 is 27.4 Å². The number of amides is 1. The van der Waals surface area contributed by atoms with Gasteiger partial charge in [-0.25, -0.2) is 4.68 Å². The van der Waals surface area contributed by atoms with Gasteiger partial charge in [-0.3, -0.25) is 14.5 Å². The highest BCUT2D eigenvalue weighted by Crippen LogP contribution is 2.27. The van der Waals surface area contributed by atoms with Crippen molar-refractivity contribution in [1.82, 2.24) is 14.8 Å². The minimum atomic E-state index is -5.67. The van der Waals surface area contributed by atoms with E-state index in [1.165, 1.54) is 33.7 Å². The SMILES string of the molecule is O=C(Nc1ccn(-c2ccncc2)n1)c1ccccc1NS(=O)(=O)C(F)(F)F. The molecule has 0 aliphatic heterocycles. The van der Waals surface area contributed by atoms with Crippen molar-refractivity contribution in [3.63, 3.8) is 0 Å². The van der Waals surface area contributed by atoms with Crippen LogP contribution >= 0.6 is 0 Å². The van der Waals surface area contributed by atoms with Crippen LogP contribution in [0.1, 0.15) is 10.4 Å². The molecule has 3 aromatic rings. The minimum Gasteiger partial charge on any atom is -0.305 e. The van der Waals surface area contributed by atoms with Crippen LogP contribution in [0, 0.1) is 0 Å². The number of benzene rings is 1. The molecule has 2 aromatic heterocycles. The fourth-order valence-electron chi connectivity index (χ4n) is 2.19. The number of aromatic nitrogens is 3. The Balaban J connectivity index is 1.82. The van der Waals surface area contributed by atoms with E-state index in [0.29, 0.717) is 5.69 Å². The molecule has 2 heterocycles. The van der Waals surface area contributed by atoms with Crippen LogP contribution in [-0.4, -0.2) is 34.6 Å². The van der Waals surface area contributed by atoms with Crippen molar-refractivity contribution in [3.8, 4) is 5.69 Å². The van der Waals surface area contributed by atoms with E-state index in [1.807, 2.05) is 0 Å². The smallest absolute Gasteiger partial charge is 0.305 e. The first-order chi connectivity index (χ1) is 13.2. The molecule has 0 fully saturated rings. The molecule has 0 radical (unpaired) electrons. The van der Waals surface area contributed by atoms with Crippen molar-refractivity contribution < 1.29 is 26.4 Å². The summed E-state index contributed by atoms with van der Waals surface area (Å²) < 4.78 is 63.3. The van der Waals surface area contributed by atoms with Crippen LogP contribution < -0.4 is 10.0 Å². The Morgan fingerprint density at radius 3 is 2.39 bits per heavy atom. The van der Waals surface area contributed by atoms with Crippen LogP contribution in [0.3, 0.4) is 0 Å². The standard InChI is InChI=1S/C16H12F3N5O3S/c17-16(18,19)28(26,27)23-13-4-2-1-3-12(13)15(25)21-14-7-10-24(22-14)11-5-8-20-9-6-11/h1-10,23H,(H,21,22,25). The van der Waals surface area contributed by atoms with Crippen LogP contribution in [0.5, 0.6) is 0 Å². The Hall–Kier alpha value is -3.41. The summed E-state index contributed by atoms with van der Waals surface area (Å²) in [7, 11) is -5.67. The molecule has 1 aromatic carbocycles. The van der Waals surface area contributed by atoms with E-state index in [0.717, 1.165) is 6.07 Å². The number of hydrogen-bond donors (Lipinski definition) is 2. The molecule has 0 atom stereocenters. The summed E-state index contributed by atoms with van der Waals surface area (Å²) in [5, 5.41) is 6.54. The quantitative estimate of drug-likeness (QED) is 0.672. The van der Waals surface area contributed by atoms with E-state index in [-0.39, 0.29) is 11.4 Å². The van der Waals surface area contributed by atoms with E-state index >= 15 is 0 Å². The molecule has 0 aliphatic rings. The lowest BCUT2D eigenvalue weighted by molar-refractivity contribution is -0.0429. The number of carbonyl (C=O) groups excluding carboxylic acids is 1. The van der Waals surface area contributed by atoms with Gasteiger partial charge in [-0.15, -0.1) is 0 Å². The van der Waals surface area contributed by atoms with Gasteiger partial charge in [0.2, 0.25) is 0 Å². The molecular formula is C16H12F3N5O3S. The second-order valence-corrected chi connectivity index (χ2v) is 7.08. The van der Waals surface area contributed by atoms with E-state index in [1.54, 1.807) is 30.7 Å². The Labute approximate surface area is 157 Å². The van der Waals surface area contributed by atoms with Crippen molar-refractivity contribution in [1.29, 1.82) is 0 Å². The van der Waals surface area contributed by atoms with Gasteiger partial charge in [-0.1, -0.05) is 12.1 Å². The number of rotatable bonds is 5. The second-order valence-electron chi connectivity index (χ2n) is 5.40. The fourth-order valence-corrected chi connectivity index (χ4v) is 2.77. The number of nitrogens with zero attached hydrogens (tertiary/aromatic N) is 3. The number of para-hydroxylation sites is 1. The summed E-state index contributed by atoms with van der Waals surface area (Å²) in [6.07, 6.45) is 4.67. The zero-order chi connectivity index (χ0) is 20.4. The molecule has 0 saturated carbocycles. The van der Waals surface area contributed by atoms with Gasteiger partial charge < -0.3 is 5.32 Å². The third-order valence-corrected chi connectivity index (χ3v) is 4.58. The maximum atomic E-state index is 12.6. The van der Waals surface area contributed by atoms with Crippen molar-refractivity contribution in [2.75, 3.05) is 10.0 Å². The number of hydrogen-bond acceptors (Lipinski definition) is 5. The highest BCUT2D eigenvalue weighted by molar-refractivity contribution is 7.93. The molecule has 8 nitrogen and oxygen atoms in total. The number of halogens is 3. The highest BCUT2D eigenvalue weighted by Gasteiger charge is 2.46. The summed E-state index contributed by atoms with van der Waals surface area (Å²) >= 11 is 0. The number of pyridine rings is 1.